The van der Waals surface area contributed by atoms with Crippen LogP contribution in [0.2, 0.25) is 0 Å². The quantitative estimate of drug-likeness (QED) is 0.709. The Morgan fingerprint density at radius 1 is 1.15 bits per heavy atom. The van der Waals surface area contributed by atoms with Crippen LogP contribution in [0.1, 0.15) is 53.4 Å². The summed E-state index contributed by atoms with van der Waals surface area (Å²) in [6.07, 6.45) is -2.51. The van der Waals surface area contributed by atoms with Crippen molar-refractivity contribution in [3.63, 3.8) is 0 Å². The Balaban J connectivity index is 2.57. The average molecular weight is 382 g/mol. The van der Waals surface area contributed by atoms with E-state index in [0.29, 0.717) is 0 Å². The number of amides is 2. The van der Waals surface area contributed by atoms with Crippen LogP contribution >= 0.6 is 0 Å². The molecule has 0 aliphatic heterocycles. The molecule has 1 saturated carbocycles. The number of hydrogen-bond acceptors (Lipinski definition) is 4. The number of carbonyl (C=O) groups is 2. The molecule has 0 spiro atoms. The maximum Gasteiger partial charge on any atom is 0.411 e. The second-order valence-electron chi connectivity index (χ2n) is 7.61. The van der Waals surface area contributed by atoms with Crippen molar-refractivity contribution in [2.45, 2.75) is 77.3 Å². The van der Waals surface area contributed by atoms with Crippen LogP contribution in [0, 0.1) is 5.92 Å². The lowest BCUT2D eigenvalue weighted by atomic mass is 9.97. The Morgan fingerprint density at radius 3 is 2.23 bits per heavy atom. The van der Waals surface area contributed by atoms with Gasteiger partial charge in [-0.3, -0.25) is 4.79 Å². The molecule has 6 nitrogen and oxygen atoms in total. The molecule has 0 aromatic heterocycles. The summed E-state index contributed by atoms with van der Waals surface area (Å²) in [5, 5.41) is 5.33. The zero-order chi connectivity index (χ0) is 20.0. The fourth-order valence-electron chi connectivity index (χ4n) is 2.80. The third kappa shape index (κ3) is 9.26. The lowest BCUT2D eigenvalue weighted by Crippen LogP contribution is -2.51. The van der Waals surface area contributed by atoms with E-state index in [1.54, 1.807) is 20.8 Å². The molecule has 2 atom stereocenters. The monoisotopic (exact) mass is 382 g/mol. The molecule has 0 saturated heterocycles. The Hall–Kier alpha value is -1.51. The molecule has 1 aliphatic rings. The van der Waals surface area contributed by atoms with E-state index < -0.39 is 36.5 Å². The highest BCUT2D eigenvalue weighted by Gasteiger charge is 2.32. The van der Waals surface area contributed by atoms with Gasteiger partial charge in [-0.25, -0.2) is 4.79 Å². The summed E-state index contributed by atoms with van der Waals surface area (Å²) >= 11 is 0. The molecular formula is C17H29F3N2O4. The van der Waals surface area contributed by atoms with Crippen LogP contribution in [0.5, 0.6) is 0 Å². The number of rotatable bonds is 7. The van der Waals surface area contributed by atoms with Crippen LogP contribution in [-0.2, 0) is 14.3 Å². The molecule has 9 heteroatoms. The number of alkyl carbamates (subject to hydrolysis) is 1. The highest BCUT2D eigenvalue weighted by molar-refractivity contribution is 5.80. The SMILES string of the molecule is C[C@H](OCC(F)(F)F)C(=O)N[C@H](CNC(=O)OC(C)(C)C)C1CCCC1. The number of nitrogens with one attached hydrogen (secondary N) is 2. The Morgan fingerprint density at radius 2 is 1.73 bits per heavy atom. The second kappa shape index (κ2) is 9.43. The van der Waals surface area contributed by atoms with E-state index in [9.17, 15) is 22.8 Å². The molecule has 1 fully saturated rings. The predicted octanol–water partition coefficient (Wildman–Crippen LogP) is 3.15. The van der Waals surface area contributed by atoms with Gasteiger partial charge in [-0.2, -0.15) is 13.2 Å². The van der Waals surface area contributed by atoms with Crippen molar-refractivity contribution in [1.82, 2.24) is 10.6 Å². The normalized spacial score (nSPS) is 18.3. The van der Waals surface area contributed by atoms with Gasteiger partial charge >= 0.3 is 12.3 Å². The topological polar surface area (TPSA) is 76.7 Å². The van der Waals surface area contributed by atoms with Crippen LogP contribution in [0.4, 0.5) is 18.0 Å². The maximum absolute atomic E-state index is 12.2. The van der Waals surface area contributed by atoms with E-state index in [0.717, 1.165) is 25.7 Å². The summed E-state index contributed by atoms with van der Waals surface area (Å²) in [4.78, 5) is 24.0. The highest BCUT2D eigenvalue weighted by Crippen LogP contribution is 2.27. The first-order chi connectivity index (χ1) is 11.9. The van der Waals surface area contributed by atoms with E-state index in [-0.39, 0.29) is 18.5 Å². The smallest absolute Gasteiger partial charge is 0.411 e. The number of alkyl halides is 3. The molecule has 0 radical (unpaired) electrons. The highest BCUT2D eigenvalue weighted by atomic mass is 19.4. The van der Waals surface area contributed by atoms with Gasteiger partial charge in [0, 0.05) is 12.6 Å². The van der Waals surface area contributed by atoms with Gasteiger partial charge in [0.2, 0.25) is 5.91 Å². The molecular weight excluding hydrogens is 353 g/mol. The van der Waals surface area contributed by atoms with E-state index in [1.807, 2.05) is 0 Å². The van der Waals surface area contributed by atoms with Gasteiger partial charge in [-0.1, -0.05) is 12.8 Å². The molecule has 0 heterocycles. The lowest BCUT2D eigenvalue weighted by Gasteiger charge is -2.27. The van der Waals surface area contributed by atoms with Gasteiger partial charge in [0.05, 0.1) is 0 Å². The third-order valence-corrected chi connectivity index (χ3v) is 4.03. The number of carbonyl (C=O) groups excluding carboxylic acids is 2. The molecule has 0 bridgehead atoms. The van der Waals surface area contributed by atoms with Crippen molar-refractivity contribution in [3.05, 3.63) is 0 Å². The van der Waals surface area contributed by atoms with Crippen LogP contribution < -0.4 is 10.6 Å². The third-order valence-electron chi connectivity index (χ3n) is 4.03. The van der Waals surface area contributed by atoms with Gasteiger partial charge < -0.3 is 20.1 Å². The first-order valence-electron chi connectivity index (χ1n) is 8.83. The molecule has 0 aromatic rings. The van der Waals surface area contributed by atoms with Crippen molar-refractivity contribution in [3.8, 4) is 0 Å². The Bertz CT molecular complexity index is 472. The summed E-state index contributed by atoms with van der Waals surface area (Å²) in [6, 6.07) is -0.380. The van der Waals surface area contributed by atoms with E-state index in [1.165, 1.54) is 6.92 Å². The first kappa shape index (κ1) is 22.5. The summed E-state index contributed by atoms with van der Waals surface area (Å²) in [5.41, 5.74) is -0.643. The van der Waals surface area contributed by atoms with E-state index in [4.69, 9.17) is 4.74 Å². The summed E-state index contributed by atoms with van der Waals surface area (Å²) in [5.74, 6) is -0.471. The van der Waals surface area contributed by atoms with Crippen LogP contribution in [0.25, 0.3) is 0 Å². The van der Waals surface area contributed by atoms with E-state index >= 15 is 0 Å². The van der Waals surface area contributed by atoms with Crippen molar-refractivity contribution in [2.75, 3.05) is 13.2 Å². The van der Waals surface area contributed by atoms with Crippen molar-refractivity contribution < 1.29 is 32.2 Å². The van der Waals surface area contributed by atoms with Gasteiger partial charge in [-0.15, -0.1) is 0 Å². The summed E-state index contributed by atoms with van der Waals surface area (Å²) in [7, 11) is 0. The molecule has 152 valence electrons. The van der Waals surface area contributed by atoms with Gasteiger partial charge in [0.15, 0.2) is 0 Å². The molecule has 0 aromatic carbocycles. The number of ether oxygens (including phenoxy) is 2. The zero-order valence-electron chi connectivity index (χ0n) is 15.7. The fraction of sp³-hybridized carbons (Fsp3) is 0.882. The lowest BCUT2D eigenvalue weighted by molar-refractivity contribution is -0.185. The van der Waals surface area contributed by atoms with Gasteiger partial charge in [0.25, 0.3) is 0 Å². The molecule has 1 aliphatic carbocycles. The molecule has 2 N–H and O–H groups in total. The summed E-state index contributed by atoms with van der Waals surface area (Å²) in [6.45, 7) is 5.16. The van der Waals surface area contributed by atoms with Crippen LogP contribution in [0.3, 0.4) is 0 Å². The van der Waals surface area contributed by atoms with Crippen molar-refractivity contribution in [2.24, 2.45) is 5.92 Å². The molecule has 26 heavy (non-hydrogen) atoms. The first-order valence-corrected chi connectivity index (χ1v) is 8.83. The van der Waals surface area contributed by atoms with Gasteiger partial charge in [-0.05, 0) is 46.5 Å². The Labute approximate surface area is 152 Å². The fourth-order valence-corrected chi connectivity index (χ4v) is 2.80. The second-order valence-corrected chi connectivity index (χ2v) is 7.61. The minimum absolute atomic E-state index is 0.150. The summed E-state index contributed by atoms with van der Waals surface area (Å²) < 4.78 is 46.4. The van der Waals surface area contributed by atoms with Crippen molar-refractivity contribution in [1.29, 1.82) is 0 Å². The average Bonchev–Trinajstić information content (AvgIpc) is 3.00. The van der Waals surface area contributed by atoms with Crippen molar-refractivity contribution >= 4 is 12.0 Å². The predicted molar refractivity (Wildman–Crippen MR) is 89.6 cm³/mol. The zero-order valence-corrected chi connectivity index (χ0v) is 15.7. The minimum Gasteiger partial charge on any atom is -0.444 e. The van der Waals surface area contributed by atoms with Crippen LogP contribution in [0.15, 0.2) is 0 Å². The molecule has 0 unspecified atom stereocenters. The van der Waals surface area contributed by atoms with E-state index in [2.05, 4.69) is 15.4 Å². The molecule has 2 amide bonds. The van der Waals surface area contributed by atoms with Gasteiger partial charge in [0.1, 0.15) is 18.3 Å². The minimum atomic E-state index is -4.49. The van der Waals surface area contributed by atoms with Crippen LogP contribution in [-0.4, -0.2) is 49.1 Å². The number of halogens is 3. The maximum atomic E-state index is 12.2. The standard InChI is InChI=1S/C17H29F3N2O4/c1-11(25-10-17(18,19)20)14(23)22-13(12-7-5-6-8-12)9-21-15(24)26-16(2,3)4/h11-13H,5-10H2,1-4H3,(H,21,24)(H,22,23)/t11-,13+/m0/s1. The Kier molecular flexibility index (Phi) is 8.17. The molecule has 1 rings (SSSR count). The number of hydrogen-bond donors (Lipinski definition) is 2. The largest absolute Gasteiger partial charge is 0.444 e.